The van der Waals surface area contributed by atoms with Gasteiger partial charge in [0.15, 0.2) is 0 Å². The molecule has 0 amide bonds. The van der Waals surface area contributed by atoms with Crippen molar-refractivity contribution in [3.63, 3.8) is 0 Å². The maximum atomic E-state index is 6.06. The SMILES string of the molecule is COc1cc(Cl)c(C)cc1NCc1cccnc1. The van der Waals surface area contributed by atoms with Crippen molar-refractivity contribution in [2.45, 2.75) is 13.5 Å². The van der Waals surface area contributed by atoms with Gasteiger partial charge in [-0.05, 0) is 30.2 Å². The van der Waals surface area contributed by atoms with E-state index in [0.717, 1.165) is 22.6 Å². The monoisotopic (exact) mass is 262 g/mol. The van der Waals surface area contributed by atoms with Crippen LogP contribution in [0.25, 0.3) is 0 Å². The lowest BCUT2D eigenvalue weighted by molar-refractivity contribution is 0.416. The summed E-state index contributed by atoms with van der Waals surface area (Å²) in [5.41, 5.74) is 3.07. The van der Waals surface area contributed by atoms with Crippen molar-refractivity contribution in [3.05, 3.63) is 52.8 Å². The smallest absolute Gasteiger partial charge is 0.143 e. The Morgan fingerprint density at radius 1 is 1.39 bits per heavy atom. The van der Waals surface area contributed by atoms with Gasteiger partial charge in [0, 0.05) is 30.0 Å². The molecule has 0 unspecified atom stereocenters. The minimum Gasteiger partial charge on any atom is -0.495 e. The molecule has 0 saturated heterocycles. The van der Waals surface area contributed by atoms with Crippen molar-refractivity contribution in [1.29, 1.82) is 0 Å². The van der Waals surface area contributed by atoms with Gasteiger partial charge in [-0.25, -0.2) is 0 Å². The van der Waals surface area contributed by atoms with Gasteiger partial charge in [-0.2, -0.15) is 0 Å². The first-order chi connectivity index (χ1) is 8.70. The Labute approximate surface area is 112 Å². The second-order valence-electron chi connectivity index (χ2n) is 4.02. The molecule has 0 aliphatic rings. The number of hydrogen-bond acceptors (Lipinski definition) is 3. The fourth-order valence-electron chi connectivity index (χ4n) is 1.67. The first-order valence-corrected chi connectivity index (χ1v) is 6.05. The number of methoxy groups -OCH3 is 1. The zero-order valence-electron chi connectivity index (χ0n) is 10.4. The van der Waals surface area contributed by atoms with Gasteiger partial charge in [-0.3, -0.25) is 4.98 Å². The number of hydrogen-bond donors (Lipinski definition) is 1. The van der Waals surface area contributed by atoms with E-state index >= 15 is 0 Å². The normalized spacial score (nSPS) is 10.2. The van der Waals surface area contributed by atoms with Crippen LogP contribution < -0.4 is 10.1 Å². The molecular weight excluding hydrogens is 248 g/mol. The number of nitrogens with one attached hydrogen (secondary N) is 1. The third-order valence-electron chi connectivity index (χ3n) is 2.69. The van der Waals surface area contributed by atoms with E-state index in [1.807, 2.05) is 37.4 Å². The topological polar surface area (TPSA) is 34.1 Å². The summed E-state index contributed by atoms with van der Waals surface area (Å²) >= 11 is 6.06. The lowest BCUT2D eigenvalue weighted by Crippen LogP contribution is -2.02. The molecule has 4 heteroatoms. The Morgan fingerprint density at radius 3 is 2.89 bits per heavy atom. The number of aromatic nitrogens is 1. The summed E-state index contributed by atoms with van der Waals surface area (Å²) in [5, 5.41) is 4.03. The number of aryl methyl sites for hydroxylation is 1. The quantitative estimate of drug-likeness (QED) is 0.913. The molecule has 0 aliphatic heterocycles. The van der Waals surface area contributed by atoms with E-state index in [2.05, 4.69) is 10.3 Å². The number of benzene rings is 1. The number of nitrogens with zero attached hydrogens (tertiary/aromatic N) is 1. The molecule has 2 aromatic rings. The molecule has 0 atom stereocenters. The second kappa shape index (κ2) is 5.74. The van der Waals surface area contributed by atoms with E-state index in [-0.39, 0.29) is 0 Å². The molecule has 0 fully saturated rings. The third kappa shape index (κ3) is 2.93. The molecule has 3 nitrogen and oxygen atoms in total. The average molecular weight is 263 g/mol. The molecular formula is C14H15ClN2O. The third-order valence-corrected chi connectivity index (χ3v) is 3.09. The molecule has 0 aliphatic carbocycles. The van der Waals surface area contributed by atoms with Crippen molar-refractivity contribution < 1.29 is 4.74 Å². The minimum absolute atomic E-state index is 0.700. The zero-order valence-corrected chi connectivity index (χ0v) is 11.2. The van der Waals surface area contributed by atoms with E-state index in [1.165, 1.54) is 0 Å². The van der Waals surface area contributed by atoms with Gasteiger partial charge < -0.3 is 10.1 Å². The predicted molar refractivity (Wildman–Crippen MR) is 74.3 cm³/mol. The van der Waals surface area contributed by atoms with Gasteiger partial charge in [0.05, 0.1) is 12.8 Å². The highest BCUT2D eigenvalue weighted by Crippen LogP contribution is 2.31. The Kier molecular flexibility index (Phi) is 4.05. The zero-order chi connectivity index (χ0) is 13.0. The lowest BCUT2D eigenvalue weighted by Gasteiger charge is -2.13. The summed E-state index contributed by atoms with van der Waals surface area (Å²) in [6.07, 6.45) is 3.60. The van der Waals surface area contributed by atoms with Gasteiger partial charge in [-0.1, -0.05) is 17.7 Å². The average Bonchev–Trinajstić information content (AvgIpc) is 2.41. The summed E-state index contributed by atoms with van der Waals surface area (Å²) in [7, 11) is 1.64. The Bertz CT molecular complexity index is 529. The van der Waals surface area contributed by atoms with E-state index < -0.39 is 0 Å². The van der Waals surface area contributed by atoms with Crippen LogP contribution in [0.4, 0.5) is 5.69 Å². The van der Waals surface area contributed by atoms with Crippen molar-refractivity contribution in [2.24, 2.45) is 0 Å². The molecule has 1 aromatic heterocycles. The van der Waals surface area contributed by atoms with Crippen LogP contribution in [0.2, 0.25) is 5.02 Å². The highest BCUT2D eigenvalue weighted by Gasteiger charge is 2.06. The van der Waals surface area contributed by atoms with E-state index in [4.69, 9.17) is 16.3 Å². The lowest BCUT2D eigenvalue weighted by atomic mass is 10.2. The highest BCUT2D eigenvalue weighted by atomic mass is 35.5. The molecule has 1 aromatic carbocycles. The van der Waals surface area contributed by atoms with Crippen molar-refractivity contribution in [2.75, 3.05) is 12.4 Å². The summed E-state index contributed by atoms with van der Waals surface area (Å²) in [6, 6.07) is 7.75. The summed E-state index contributed by atoms with van der Waals surface area (Å²) in [5.74, 6) is 0.745. The standard InChI is InChI=1S/C14H15ClN2O/c1-10-6-13(14(18-2)7-12(10)15)17-9-11-4-3-5-16-8-11/h3-8,17H,9H2,1-2H3. The fourth-order valence-corrected chi connectivity index (χ4v) is 1.82. The molecule has 1 heterocycles. The van der Waals surface area contributed by atoms with Crippen LogP contribution in [0, 0.1) is 6.92 Å². The number of ether oxygens (including phenoxy) is 1. The number of halogens is 1. The van der Waals surface area contributed by atoms with Crippen molar-refractivity contribution in [1.82, 2.24) is 4.98 Å². The first-order valence-electron chi connectivity index (χ1n) is 5.67. The van der Waals surface area contributed by atoms with Crippen LogP contribution in [0.15, 0.2) is 36.7 Å². The molecule has 0 radical (unpaired) electrons. The van der Waals surface area contributed by atoms with E-state index in [1.54, 1.807) is 13.3 Å². The van der Waals surface area contributed by atoms with Crippen LogP contribution in [-0.4, -0.2) is 12.1 Å². The van der Waals surface area contributed by atoms with Crippen molar-refractivity contribution in [3.8, 4) is 5.75 Å². The molecule has 1 N–H and O–H groups in total. The summed E-state index contributed by atoms with van der Waals surface area (Å²) < 4.78 is 5.31. The molecule has 2 rings (SSSR count). The fraction of sp³-hybridized carbons (Fsp3) is 0.214. The van der Waals surface area contributed by atoms with Crippen LogP contribution in [0.1, 0.15) is 11.1 Å². The number of pyridine rings is 1. The minimum atomic E-state index is 0.700. The van der Waals surface area contributed by atoms with Crippen LogP contribution >= 0.6 is 11.6 Å². The molecule has 18 heavy (non-hydrogen) atoms. The van der Waals surface area contributed by atoms with Crippen LogP contribution in [0.5, 0.6) is 5.75 Å². The molecule has 0 spiro atoms. The molecule has 0 bridgehead atoms. The first kappa shape index (κ1) is 12.7. The maximum Gasteiger partial charge on any atom is 0.143 e. The summed E-state index contributed by atoms with van der Waals surface area (Å²) in [4.78, 5) is 4.08. The maximum absolute atomic E-state index is 6.06. The Morgan fingerprint density at radius 2 is 2.22 bits per heavy atom. The highest BCUT2D eigenvalue weighted by molar-refractivity contribution is 6.31. The Hall–Kier alpha value is -1.74. The van der Waals surface area contributed by atoms with Gasteiger partial charge in [0.25, 0.3) is 0 Å². The van der Waals surface area contributed by atoms with Crippen LogP contribution in [-0.2, 0) is 6.54 Å². The molecule has 0 saturated carbocycles. The van der Waals surface area contributed by atoms with Crippen molar-refractivity contribution >= 4 is 17.3 Å². The largest absolute Gasteiger partial charge is 0.495 e. The predicted octanol–water partition coefficient (Wildman–Crippen LogP) is 3.66. The van der Waals surface area contributed by atoms with E-state index in [0.29, 0.717) is 11.6 Å². The summed E-state index contributed by atoms with van der Waals surface area (Å²) in [6.45, 7) is 2.67. The number of anilines is 1. The van der Waals surface area contributed by atoms with Gasteiger partial charge >= 0.3 is 0 Å². The second-order valence-corrected chi connectivity index (χ2v) is 4.42. The van der Waals surface area contributed by atoms with Gasteiger partial charge in [0.1, 0.15) is 5.75 Å². The number of rotatable bonds is 4. The Balaban J connectivity index is 2.16. The molecule has 94 valence electrons. The van der Waals surface area contributed by atoms with Gasteiger partial charge in [0.2, 0.25) is 0 Å². The van der Waals surface area contributed by atoms with Crippen LogP contribution in [0.3, 0.4) is 0 Å². The van der Waals surface area contributed by atoms with Gasteiger partial charge in [-0.15, -0.1) is 0 Å². The van der Waals surface area contributed by atoms with E-state index in [9.17, 15) is 0 Å².